The fourth-order valence-corrected chi connectivity index (χ4v) is 1.94. The van der Waals surface area contributed by atoms with Gasteiger partial charge in [-0.25, -0.2) is 0 Å². The number of phosphoric acid groups is 1. The average molecular weight is 420 g/mol. The second-order valence-electron chi connectivity index (χ2n) is 3.58. The van der Waals surface area contributed by atoms with Gasteiger partial charge in [-0.1, -0.05) is 0 Å². The van der Waals surface area contributed by atoms with Gasteiger partial charge in [0.25, 0.3) is 20.0 Å². The maximum Gasteiger partial charge on any atom is 1.00 e. The Morgan fingerprint density at radius 1 is 0.625 bits per heavy atom. The van der Waals surface area contributed by atoms with Gasteiger partial charge in [-0.3, -0.25) is 13.6 Å². The predicted molar refractivity (Wildman–Crippen MR) is 41.6 cm³/mol. The van der Waals surface area contributed by atoms with E-state index in [1.807, 2.05) is 0 Å². The van der Waals surface area contributed by atoms with E-state index in [9.17, 15) is 62.1 Å². The smallest absolute Gasteiger partial charge is 0.756 e. The van der Waals surface area contributed by atoms with Crippen molar-refractivity contribution >= 4 is 7.82 Å². The molecular formula is C6H2F12NaO4P. The Kier molecular flexibility index (Phi) is 8.70. The first-order valence-corrected chi connectivity index (χ1v) is 6.08. The summed E-state index contributed by atoms with van der Waals surface area (Å²) in [5.74, 6) is 0. The molecule has 0 aliphatic rings. The molecule has 4 nitrogen and oxygen atoms in total. The summed E-state index contributed by atoms with van der Waals surface area (Å²) >= 11 is 0. The van der Waals surface area contributed by atoms with Crippen LogP contribution in [0.3, 0.4) is 0 Å². The molecule has 0 unspecified atom stereocenters. The zero-order valence-corrected chi connectivity index (χ0v) is 13.7. The second-order valence-corrected chi connectivity index (χ2v) is 4.90. The maximum atomic E-state index is 11.9. The van der Waals surface area contributed by atoms with Crippen LogP contribution in [0.15, 0.2) is 0 Å². The summed E-state index contributed by atoms with van der Waals surface area (Å²) in [5, 5.41) is 0. The minimum absolute atomic E-state index is 0. The minimum atomic E-state index is -7.32. The molecule has 0 aromatic heterocycles. The molecule has 0 aliphatic heterocycles. The zero-order valence-electron chi connectivity index (χ0n) is 10.8. The molecule has 0 saturated heterocycles. The summed E-state index contributed by atoms with van der Waals surface area (Å²) in [7, 11) is -7.32. The number of hydrogen-bond donors (Lipinski definition) is 0. The summed E-state index contributed by atoms with van der Waals surface area (Å²) in [6.45, 7) is 0. The first kappa shape index (κ1) is 26.5. The van der Waals surface area contributed by atoms with E-state index in [0.29, 0.717) is 0 Å². The minimum Gasteiger partial charge on any atom is -0.756 e. The first-order valence-electron chi connectivity index (χ1n) is 4.62. The Hall–Kier alpha value is 0.270. The number of phosphoric ester groups is 1. The molecule has 0 bridgehead atoms. The van der Waals surface area contributed by atoms with Crippen molar-refractivity contribution in [3.63, 3.8) is 0 Å². The van der Waals surface area contributed by atoms with E-state index in [0.717, 1.165) is 0 Å². The van der Waals surface area contributed by atoms with Gasteiger partial charge in [-0.15, -0.1) is 0 Å². The number of halogens is 12. The van der Waals surface area contributed by atoms with Crippen LogP contribution < -0.4 is 34.5 Å². The monoisotopic (exact) mass is 420 g/mol. The molecule has 0 atom stereocenters. The molecule has 0 saturated carbocycles. The number of hydrogen-bond acceptors (Lipinski definition) is 4. The van der Waals surface area contributed by atoms with E-state index in [1.54, 1.807) is 0 Å². The SMILES string of the molecule is O=P([O-])(OC(C(F)(F)F)C(F)(F)F)OC(C(F)(F)F)C(F)(F)F.[Na+]. The zero-order chi connectivity index (χ0) is 19.1. The summed E-state index contributed by atoms with van der Waals surface area (Å²) in [5.41, 5.74) is 0. The van der Waals surface area contributed by atoms with E-state index < -0.39 is 44.7 Å². The van der Waals surface area contributed by atoms with Crippen molar-refractivity contribution in [1.82, 2.24) is 0 Å². The molecule has 0 fully saturated rings. The quantitative estimate of drug-likeness (QED) is 0.378. The van der Waals surface area contributed by atoms with Crippen LogP contribution in [0.2, 0.25) is 0 Å². The molecule has 24 heavy (non-hydrogen) atoms. The molecule has 0 heterocycles. The van der Waals surface area contributed by atoms with Gasteiger partial charge in [0.05, 0.1) is 0 Å². The predicted octanol–water partition coefficient (Wildman–Crippen LogP) is 0.478. The van der Waals surface area contributed by atoms with Gasteiger partial charge >= 0.3 is 54.3 Å². The van der Waals surface area contributed by atoms with Crippen molar-refractivity contribution in [3.05, 3.63) is 0 Å². The molecule has 0 aliphatic carbocycles. The molecule has 140 valence electrons. The third-order valence-corrected chi connectivity index (χ3v) is 2.60. The van der Waals surface area contributed by atoms with E-state index in [1.165, 1.54) is 0 Å². The van der Waals surface area contributed by atoms with Crippen LogP contribution in [0.4, 0.5) is 52.7 Å². The largest absolute Gasteiger partial charge is 1.00 e. The van der Waals surface area contributed by atoms with Crippen molar-refractivity contribution in [2.24, 2.45) is 0 Å². The van der Waals surface area contributed by atoms with Gasteiger partial charge in [0.2, 0.25) is 0 Å². The standard InChI is InChI=1S/C6H3F12O4P.Na/c7-3(8,9)1(4(10,11)12)21-23(19,20)22-2(5(13,14)15)6(16,17)18;/h1-2H,(H,19,20);/q;+1/p-1. The second kappa shape index (κ2) is 7.88. The van der Waals surface area contributed by atoms with Crippen LogP contribution in [0, 0.1) is 0 Å². The molecule has 0 rings (SSSR count). The fourth-order valence-electron chi connectivity index (χ4n) is 0.893. The third kappa shape index (κ3) is 8.58. The molecular weight excluding hydrogens is 418 g/mol. The van der Waals surface area contributed by atoms with Gasteiger partial charge in [0.1, 0.15) is 0 Å². The van der Waals surface area contributed by atoms with Crippen molar-refractivity contribution in [2.75, 3.05) is 0 Å². The van der Waals surface area contributed by atoms with Crippen molar-refractivity contribution in [1.29, 1.82) is 0 Å². The Morgan fingerprint density at radius 2 is 0.792 bits per heavy atom. The maximum absolute atomic E-state index is 11.9. The van der Waals surface area contributed by atoms with E-state index >= 15 is 0 Å². The molecule has 0 aromatic carbocycles. The molecule has 0 radical (unpaired) electrons. The van der Waals surface area contributed by atoms with E-state index in [2.05, 4.69) is 9.05 Å². The molecule has 0 spiro atoms. The van der Waals surface area contributed by atoms with E-state index in [4.69, 9.17) is 0 Å². The van der Waals surface area contributed by atoms with Crippen molar-refractivity contribution < 1.29 is 101 Å². The Bertz CT molecular complexity index is 386. The van der Waals surface area contributed by atoms with Gasteiger partial charge in [-0.05, 0) is 0 Å². The Morgan fingerprint density at radius 3 is 0.917 bits per heavy atom. The van der Waals surface area contributed by atoms with Crippen LogP contribution in [0.5, 0.6) is 0 Å². The summed E-state index contributed by atoms with van der Waals surface area (Å²) in [6.07, 6.45) is -36.4. The number of alkyl halides is 12. The molecule has 0 amide bonds. The molecule has 18 heteroatoms. The van der Waals surface area contributed by atoms with Gasteiger partial charge in [0, 0.05) is 0 Å². The summed E-state index contributed by atoms with van der Waals surface area (Å²) in [4.78, 5) is 10.6. The average Bonchev–Trinajstić information content (AvgIpc) is 2.16. The molecule has 0 aromatic rings. The Balaban J connectivity index is 0. The summed E-state index contributed by atoms with van der Waals surface area (Å²) in [6, 6.07) is 0. The van der Waals surface area contributed by atoms with Gasteiger partial charge in [-0.2, -0.15) is 52.7 Å². The number of rotatable bonds is 4. The van der Waals surface area contributed by atoms with Crippen LogP contribution in [0.25, 0.3) is 0 Å². The van der Waals surface area contributed by atoms with Gasteiger partial charge in [0.15, 0.2) is 0 Å². The normalized spacial score (nSPS) is 15.0. The van der Waals surface area contributed by atoms with Crippen molar-refractivity contribution in [2.45, 2.75) is 36.9 Å². The fraction of sp³-hybridized carbons (Fsp3) is 1.00. The van der Waals surface area contributed by atoms with Crippen molar-refractivity contribution in [3.8, 4) is 0 Å². The van der Waals surface area contributed by atoms with Gasteiger partial charge < -0.3 is 4.89 Å². The third-order valence-electron chi connectivity index (χ3n) is 1.66. The first-order chi connectivity index (χ1) is 9.68. The molecule has 0 N–H and O–H groups in total. The summed E-state index contributed by atoms with van der Waals surface area (Å²) < 4.78 is 159. The van der Waals surface area contributed by atoms with Crippen LogP contribution in [-0.2, 0) is 13.6 Å². The van der Waals surface area contributed by atoms with E-state index in [-0.39, 0.29) is 29.6 Å². The topological polar surface area (TPSA) is 58.6 Å². The Labute approximate surface area is 146 Å². The van der Waals surface area contributed by atoms with Crippen LogP contribution >= 0.6 is 7.82 Å². The van der Waals surface area contributed by atoms with Crippen LogP contribution in [0.1, 0.15) is 0 Å². The van der Waals surface area contributed by atoms with Crippen LogP contribution in [-0.4, -0.2) is 36.9 Å².